The Labute approximate surface area is 130 Å². The minimum atomic E-state index is -0.503. The number of hydrogen-bond acceptors (Lipinski definition) is 4. The van der Waals surface area contributed by atoms with Crippen molar-refractivity contribution in [2.24, 2.45) is 0 Å². The lowest BCUT2D eigenvalue weighted by atomic mass is 9.99. The summed E-state index contributed by atoms with van der Waals surface area (Å²) in [6, 6.07) is 7.31. The van der Waals surface area contributed by atoms with E-state index in [1.807, 2.05) is 19.1 Å². The summed E-state index contributed by atoms with van der Waals surface area (Å²) < 4.78 is 9.84. The normalized spacial score (nSPS) is 13.0. The van der Waals surface area contributed by atoms with Crippen molar-refractivity contribution < 1.29 is 14.3 Å². The second-order valence-corrected chi connectivity index (χ2v) is 5.35. The van der Waals surface area contributed by atoms with Crippen LogP contribution in [0, 0.1) is 11.8 Å². The molecule has 1 N–H and O–H groups in total. The predicted octanol–water partition coefficient (Wildman–Crippen LogP) is 2.25. The summed E-state index contributed by atoms with van der Waals surface area (Å²) >= 11 is 5.81. The van der Waals surface area contributed by atoms with Gasteiger partial charge in [-0.15, -0.1) is 0 Å². The Hall–Kier alpha value is -1.54. The number of ether oxygens (including phenoxy) is 2. The van der Waals surface area contributed by atoms with Crippen molar-refractivity contribution in [1.29, 1.82) is 0 Å². The Bertz CT molecular complexity index is 519. The van der Waals surface area contributed by atoms with Gasteiger partial charge >= 0.3 is 5.97 Å². The topological polar surface area (TPSA) is 47.6 Å². The number of hydrogen-bond donors (Lipinski definition) is 1. The molecule has 0 aliphatic rings. The van der Waals surface area contributed by atoms with Gasteiger partial charge in [0.15, 0.2) is 0 Å². The third kappa shape index (κ3) is 6.63. The van der Waals surface area contributed by atoms with Crippen molar-refractivity contribution in [2.75, 3.05) is 27.4 Å². The highest BCUT2D eigenvalue weighted by Crippen LogP contribution is 2.11. The molecule has 0 saturated heterocycles. The second-order valence-electron chi connectivity index (χ2n) is 4.91. The molecule has 0 aliphatic carbocycles. The van der Waals surface area contributed by atoms with Crippen molar-refractivity contribution in [3.63, 3.8) is 0 Å². The maximum absolute atomic E-state index is 11.4. The monoisotopic (exact) mass is 309 g/mol. The smallest absolute Gasteiger partial charge is 0.307 e. The van der Waals surface area contributed by atoms with Crippen molar-refractivity contribution in [3.05, 3.63) is 34.9 Å². The van der Waals surface area contributed by atoms with Crippen LogP contribution in [0.25, 0.3) is 0 Å². The number of nitrogens with one attached hydrogen (secondary N) is 1. The fourth-order valence-corrected chi connectivity index (χ4v) is 1.94. The summed E-state index contributed by atoms with van der Waals surface area (Å²) in [7, 11) is 2.96. The van der Waals surface area contributed by atoms with Gasteiger partial charge in [-0.25, -0.2) is 0 Å². The summed E-state index contributed by atoms with van der Waals surface area (Å²) in [4.78, 5) is 11.4. The van der Waals surface area contributed by atoms with Gasteiger partial charge in [0.2, 0.25) is 0 Å². The highest BCUT2D eigenvalue weighted by Gasteiger charge is 2.27. The van der Waals surface area contributed by atoms with E-state index in [-0.39, 0.29) is 12.4 Å². The minimum Gasteiger partial charge on any atom is -0.469 e. The third-order valence-electron chi connectivity index (χ3n) is 2.91. The van der Waals surface area contributed by atoms with Crippen molar-refractivity contribution in [2.45, 2.75) is 18.9 Å². The molecule has 5 heteroatoms. The molecule has 1 aromatic carbocycles. The van der Waals surface area contributed by atoms with E-state index in [1.54, 1.807) is 19.2 Å². The summed E-state index contributed by atoms with van der Waals surface area (Å²) in [5.41, 5.74) is 0.388. The number of rotatable bonds is 6. The van der Waals surface area contributed by atoms with Crippen LogP contribution >= 0.6 is 11.6 Å². The molecular weight excluding hydrogens is 290 g/mol. The van der Waals surface area contributed by atoms with Gasteiger partial charge in [0.1, 0.15) is 0 Å². The molecule has 114 valence electrons. The molecule has 4 nitrogen and oxygen atoms in total. The first-order chi connectivity index (χ1) is 9.99. The van der Waals surface area contributed by atoms with Crippen molar-refractivity contribution >= 4 is 17.6 Å². The van der Waals surface area contributed by atoms with Gasteiger partial charge in [0.25, 0.3) is 0 Å². The van der Waals surface area contributed by atoms with E-state index in [9.17, 15) is 4.79 Å². The highest BCUT2D eigenvalue weighted by molar-refractivity contribution is 6.30. The lowest BCUT2D eigenvalue weighted by Crippen LogP contribution is -2.48. The molecule has 0 saturated carbocycles. The van der Waals surface area contributed by atoms with Crippen LogP contribution in [0.15, 0.2) is 24.3 Å². The van der Waals surface area contributed by atoms with Crippen LogP contribution in [0.5, 0.6) is 0 Å². The highest BCUT2D eigenvalue weighted by atomic mass is 35.5. The van der Waals surface area contributed by atoms with Crippen LogP contribution in [0.4, 0.5) is 0 Å². The Morgan fingerprint density at radius 3 is 2.57 bits per heavy atom. The maximum Gasteiger partial charge on any atom is 0.307 e. The third-order valence-corrected chi connectivity index (χ3v) is 3.16. The average Bonchev–Trinajstić information content (AvgIpc) is 2.45. The Morgan fingerprint density at radius 2 is 2.00 bits per heavy atom. The van der Waals surface area contributed by atoms with Crippen LogP contribution in [0.2, 0.25) is 5.02 Å². The molecule has 0 fully saturated rings. The quantitative estimate of drug-likeness (QED) is 0.647. The van der Waals surface area contributed by atoms with Crippen LogP contribution < -0.4 is 5.32 Å². The van der Waals surface area contributed by atoms with Crippen LogP contribution in [0.3, 0.4) is 0 Å². The molecule has 1 rings (SSSR count). The lowest BCUT2D eigenvalue weighted by molar-refractivity contribution is -0.142. The van der Waals surface area contributed by atoms with Gasteiger partial charge < -0.3 is 9.47 Å². The Balaban J connectivity index is 2.57. The van der Waals surface area contributed by atoms with E-state index < -0.39 is 5.54 Å². The maximum atomic E-state index is 11.4. The minimum absolute atomic E-state index is 0.222. The van der Waals surface area contributed by atoms with Crippen LogP contribution in [-0.2, 0) is 14.3 Å². The van der Waals surface area contributed by atoms with Crippen molar-refractivity contribution in [3.8, 4) is 11.8 Å². The molecule has 0 spiro atoms. The fraction of sp³-hybridized carbons (Fsp3) is 0.438. The SMILES string of the molecule is COC[C@@](C)(CC(=O)OC)NCC#Cc1ccc(Cl)cc1. The molecule has 0 radical (unpaired) electrons. The summed E-state index contributed by atoms with van der Waals surface area (Å²) in [6.07, 6.45) is 0.222. The first kappa shape index (κ1) is 17.5. The van der Waals surface area contributed by atoms with E-state index in [2.05, 4.69) is 17.2 Å². The number of methoxy groups -OCH3 is 2. The Morgan fingerprint density at radius 1 is 1.33 bits per heavy atom. The van der Waals surface area contributed by atoms with Crippen LogP contribution in [-0.4, -0.2) is 38.9 Å². The van der Waals surface area contributed by atoms with E-state index in [0.29, 0.717) is 18.2 Å². The summed E-state index contributed by atoms with van der Waals surface area (Å²) in [6.45, 7) is 2.74. The number of benzene rings is 1. The largest absolute Gasteiger partial charge is 0.469 e. The molecule has 1 atom stereocenters. The fourth-order valence-electron chi connectivity index (χ4n) is 1.81. The second kappa shape index (κ2) is 8.68. The van der Waals surface area contributed by atoms with Gasteiger partial charge in [-0.05, 0) is 31.2 Å². The number of esters is 1. The van der Waals surface area contributed by atoms with Gasteiger partial charge in [0, 0.05) is 17.7 Å². The average molecular weight is 310 g/mol. The zero-order valence-electron chi connectivity index (χ0n) is 12.5. The molecule has 1 aromatic rings. The molecule has 21 heavy (non-hydrogen) atoms. The van der Waals surface area contributed by atoms with E-state index in [0.717, 1.165) is 5.56 Å². The van der Waals surface area contributed by atoms with Crippen LogP contribution in [0.1, 0.15) is 18.9 Å². The summed E-state index contributed by atoms with van der Waals surface area (Å²) in [5, 5.41) is 3.90. The van der Waals surface area contributed by atoms with E-state index in [1.165, 1.54) is 7.11 Å². The molecular formula is C16H20ClNO3. The zero-order valence-corrected chi connectivity index (χ0v) is 13.3. The van der Waals surface area contributed by atoms with Crippen molar-refractivity contribution in [1.82, 2.24) is 5.32 Å². The van der Waals surface area contributed by atoms with E-state index in [4.69, 9.17) is 21.1 Å². The van der Waals surface area contributed by atoms with E-state index >= 15 is 0 Å². The standard InChI is InChI=1S/C16H20ClNO3/c1-16(12-20-2,11-15(19)21-3)18-10-4-5-13-6-8-14(17)9-7-13/h6-9,18H,10-12H2,1-3H3/t16-/m1/s1. The first-order valence-electron chi connectivity index (χ1n) is 6.54. The van der Waals surface area contributed by atoms with Gasteiger partial charge in [-0.2, -0.15) is 0 Å². The zero-order chi connectivity index (χ0) is 15.7. The lowest BCUT2D eigenvalue weighted by Gasteiger charge is -2.28. The van der Waals surface area contributed by atoms with Gasteiger partial charge in [-0.3, -0.25) is 10.1 Å². The first-order valence-corrected chi connectivity index (χ1v) is 6.92. The molecule has 0 amide bonds. The number of halogens is 1. The molecule has 0 bridgehead atoms. The molecule has 0 unspecified atom stereocenters. The molecule has 0 aromatic heterocycles. The predicted molar refractivity (Wildman–Crippen MR) is 83.2 cm³/mol. The van der Waals surface area contributed by atoms with Gasteiger partial charge in [-0.1, -0.05) is 23.4 Å². The number of carbonyl (C=O) groups excluding carboxylic acids is 1. The summed E-state index contributed by atoms with van der Waals surface area (Å²) in [5.74, 6) is 5.76. The molecule has 0 heterocycles. The molecule has 0 aliphatic heterocycles. The van der Waals surface area contributed by atoms with Gasteiger partial charge in [0.05, 0.1) is 32.2 Å². The number of carbonyl (C=O) groups is 1. The Kier molecular flexibility index (Phi) is 7.24.